The third-order valence-electron chi connectivity index (χ3n) is 6.11. The average molecular weight is 372 g/mol. The lowest BCUT2D eigenvalue weighted by atomic mass is 9.94. The van der Waals surface area contributed by atoms with Gasteiger partial charge >= 0.3 is 0 Å². The molecule has 1 atom stereocenters. The highest BCUT2D eigenvalue weighted by molar-refractivity contribution is 5.99. The van der Waals surface area contributed by atoms with Gasteiger partial charge in [0.25, 0.3) is 5.91 Å². The number of pyridine rings is 1. The summed E-state index contributed by atoms with van der Waals surface area (Å²) >= 11 is 0. The highest BCUT2D eigenvalue weighted by Crippen LogP contribution is 2.30. The first-order chi connectivity index (χ1) is 13.6. The summed E-state index contributed by atoms with van der Waals surface area (Å²) in [5.41, 5.74) is 7.46. The van der Waals surface area contributed by atoms with Gasteiger partial charge in [-0.3, -0.25) is 9.78 Å². The normalized spacial score (nSPS) is 17.5. The van der Waals surface area contributed by atoms with Crippen molar-refractivity contribution in [2.24, 2.45) is 0 Å². The number of piperidine rings is 1. The monoisotopic (exact) mass is 372 g/mol. The quantitative estimate of drug-likeness (QED) is 0.536. The summed E-state index contributed by atoms with van der Waals surface area (Å²) in [4.78, 5) is 26.5. The van der Waals surface area contributed by atoms with Crippen LogP contribution < -0.4 is 0 Å². The smallest absolute Gasteiger partial charge is 0.253 e. The maximum Gasteiger partial charge on any atom is 0.253 e. The van der Waals surface area contributed by atoms with Gasteiger partial charge in [0.2, 0.25) is 0 Å². The fourth-order valence-corrected chi connectivity index (χ4v) is 4.39. The molecule has 2 N–H and O–H groups in total. The Labute approximate surface area is 163 Å². The molecule has 0 bridgehead atoms. The van der Waals surface area contributed by atoms with E-state index in [1.54, 1.807) is 0 Å². The molecule has 4 heterocycles. The van der Waals surface area contributed by atoms with E-state index in [2.05, 4.69) is 34.9 Å². The van der Waals surface area contributed by atoms with Gasteiger partial charge in [-0.1, -0.05) is 0 Å². The van der Waals surface area contributed by atoms with E-state index in [0.29, 0.717) is 5.92 Å². The van der Waals surface area contributed by atoms with Crippen molar-refractivity contribution >= 4 is 27.8 Å². The van der Waals surface area contributed by atoms with Crippen molar-refractivity contribution in [1.82, 2.24) is 19.9 Å². The van der Waals surface area contributed by atoms with Crippen LogP contribution in [0.15, 0.2) is 42.6 Å². The minimum Gasteiger partial charge on any atom is -0.358 e. The number of carbonyl (C=O) groups is 1. The molecular formula is C23H24N4O. The Hall–Kier alpha value is -3.08. The number of aryl methyl sites for hydroxylation is 2. The zero-order valence-electron chi connectivity index (χ0n) is 16.2. The summed E-state index contributed by atoms with van der Waals surface area (Å²) in [5.74, 6) is 0.450. The number of likely N-dealkylation sites (tertiary alicyclic amines) is 1. The number of aromatic nitrogens is 3. The third-order valence-corrected chi connectivity index (χ3v) is 6.11. The number of carbonyl (C=O) groups excluding carboxylic acids is 1. The first-order valence-electron chi connectivity index (χ1n) is 9.92. The molecule has 5 nitrogen and oxygen atoms in total. The van der Waals surface area contributed by atoms with Crippen LogP contribution in [0.5, 0.6) is 0 Å². The Kier molecular flexibility index (Phi) is 3.97. The van der Waals surface area contributed by atoms with Crippen LogP contribution in [0.1, 0.15) is 46.1 Å². The maximum atomic E-state index is 13.2. The lowest BCUT2D eigenvalue weighted by Crippen LogP contribution is -2.39. The Morgan fingerprint density at radius 3 is 2.89 bits per heavy atom. The van der Waals surface area contributed by atoms with Gasteiger partial charge in [-0.2, -0.15) is 0 Å². The molecule has 0 spiro atoms. The zero-order valence-corrected chi connectivity index (χ0v) is 16.2. The molecule has 1 fully saturated rings. The predicted molar refractivity (Wildman–Crippen MR) is 112 cm³/mol. The lowest BCUT2D eigenvalue weighted by Gasteiger charge is -2.32. The fraction of sp³-hybridized carbons (Fsp3) is 0.304. The third kappa shape index (κ3) is 2.78. The first kappa shape index (κ1) is 17.0. The fourth-order valence-electron chi connectivity index (χ4n) is 4.39. The van der Waals surface area contributed by atoms with Crippen molar-refractivity contribution in [3.8, 4) is 0 Å². The van der Waals surface area contributed by atoms with E-state index in [4.69, 9.17) is 0 Å². The number of benzene rings is 1. The van der Waals surface area contributed by atoms with Gasteiger partial charge in [0.15, 0.2) is 0 Å². The molecule has 142 valence electrons. The molecule has 1 aromatic carbocycles. The van der Waals surface area contributed by atoms with Crippen LogP contribution >= 0.6 is 0 Å². The maximum absolute atomic E-state index is 13.2. The van der Waals surface area contributed by atoms with Gasteiger partial charge in [0.1, 0.15) is 0 Å². The molecular weight excluding hydrogens is 348 g/mol. The molecule has 0 aliphatic carbocycles. The molecule has 0 saturated carbocycles. The van der Waals surface area contributed by atoms with Crippen molar-refractivity contribution in [3.63, 3.8) is 0 Å². The second kappa shape index (κ2) is 6.51. The van der Waals surface area contributed by atoms with E-state index in [1.165, 1.54) is 11.3 Å². The molecule has 1 aliphatic heterocycles. The van der Waals surface area contributed by atoms with Gasteiger partial charge in [-0.25, -0.2) is 0 Å². The number of aromatic amines is 2. The molecule has 1 saturated heterocycles. The van der Waals surface area contributed by atoms with Crippen LogP contribution in [0.4, 0.5) is 0 Å². The molecule has 1 aliphatic rings. The number of nitrogens with zero attached hydrogens (tertiary/aromatic N) is 2. The van der Waals surface area contributed by atoms with E-state index in [0.717, 1.165) is 59.1 Å². The summed E-state index contributed by atoms with van der Waals surface area (Å²) < 4.78 is 0. The second-order valence-corrected chi connectivity index (χ2v) is 7.89. The van der Waals surface area contributed by atoms with Crippen LogP contribution in [0.2, 0.25) is 0 Å². The lowest BCUT2D eigenvalue weighted by molar-refractivity contribution is 0.0706. The number of H-pyrrole nitrogens is 2. The standard InChI is InChI=1S/C23H24N4O/c1-14-15(2)25-19-8-7-16(11-18(14)19)23(28)27-10-4-5-17(13-27)21-12-22-20(26-21)6-3-9-24-22/h3,6-9,11-12,17,25-26H,4-5,10,13H2,1-2H3. The van der Waals surface area contributed by atoms with Gasteiger partial charge < -0.3 is 14.9 Å². The molecule has 28 heavy (non-hydrogen) atoms. The van der Waals surface area contributed by atoms with Crippen molar-refractivity contribution in [3.05, 3.63) is 65.1 Å². The van der Waals surface area contributed by atoms with E-state index in [1.807, 2.05) is 41.4 Å². The van der Waals surface area contributed by atoms with Crippen LogP contribution in [0.3, 0.4) is 0 Å². The van der Waals surface area contributed by atoms with Crippen molar-refractivity contribution < 1.29 is 4.79 Å². The van der Waals surface area contributed by atoms with Crippen LogP contribution in [0, 0.1) is 13.8 Å². The number of amides is 1. The largest absolute Gasteiger partial charge is 0.358 e. The molecule has 4 aromatic rings. The predicted octanol–water partition coefficient (Wildman–Crippen LogP) is 4.68. The van der Waals surface area contributed by atoms with Gasteiger partial charge in [0.05, 0.1) is 11.0 Å². The number of fused-ring (bicyclic) bond motifs is 2. The van der Waals surface area contributed by atoms with Crippen molar-refractivity contribution in [2.75, 3.05) is 13.1 Å². The molecule has 5 rings (SSSR count). The van der Waals surface area contributed by atoms with Gasteiger partial charge in [-0.15, -0.1) is 0 Å². The highest BCUT2D eigenvalue weighted by atomic mass is 16.2. The second-order valence-electron chi connectivity index (χ2n) is 7.89. The van der Waals surface area contributed by atoms with Gasteiger partial charge in [0, 0.05) is 53.1 Å². The minimum atomic E-state index is 0.124. The van der Waals surface area contributed by atoms with E-state index >= 15 is 0 Å². The average Bonchev–Trinajstić information content (AvgIpc) is 3.28. The number of nitrogens with one attached hydrogen (secondary N) is 2. The summed E-state index contributed by atoms with van der Waals surface area (Å²) in [6, 6.07) is 12.1. The Morgan fingerprint density at radius 2 is 2.04 bits per heavy atom. The van der Waals surface area contributed by atoms with Crippen LogP contribution in [0.25, 0.3) is 21.9 Å². The molecule has 1 amide bonds. The summed E-state index contributed by atoms with van der Waals surface area (Å²) in [7, 11) is 0. The minimum absolute atomic E-state index is 0.124. The summed E-state index contributed by atoms with van der Waals surface area (Å²) in [6.07, 6.45) is 3.92. The first-order valence-corrected chi connectivity index (χ1v) is 9.92. The van der Waals surface area contributed by atoms with Gasteiger partial charge in [-0.05, 0) is 68.7 Å². The van der Waals surface area contributed by atoms with E-state index in [9.17, 15) is 4.79 Å². The summed E-state index contributed by atoms with van der Waals surface area (Å²) in [6.45, 7) is 5.73. The highest BCUT2D eigenvalue weighted by Gasteiger charge is 2.27. The topological polar surface area (TPSA) is 64.8 Å². The molecule has 1 unspecified atom stereocenters. The van der Waals surface area contributed by atoms with E-state index < -0.39 is 0 Å². The molecule has 3 aromatic heterocycles. The van der Waals surface area contributed by atoms with Crippen LogP contribution in [-0.4, -0.2) is 38.8 Å². The molecule has 5 heteroatoms. The van der Waals surface area contributed by atoms with Crippen molar-refractivity contribution in [2.45, 2.75) is 32.6 Å². The number of rotatable bonds is 2. The molecule has 0 radical (unpaired) electrons. The van der Waals surface area contributed by atoms with E-state index in [-0.39, 0.29) is 5.91 Å². The van der Waals surface area contributed by atoms with Crippen molar-refractivity contribution in [1.29, 1.82) is 0 Å². The Morgan fingerprint density at radius 1 is 1.14 bits per heavy atom. The zero-order chi connectivity index (χ0) is 19.3. The summed E-state index contributed by atoms with van der Waals surface area (Å²) in [5, 5.41) is 1.14. The van der Waals surface area contributed by atoms with Crippen LogP contribution in [-0.2, 0) is 0 Å². The Bertz CT molecular complexity index is 1150. The number of hydrogen-bond acceptors (Lipinski definition) is 2. The number of hydrogen-bond donors (Lipinski definition) is 2. The Balaban J connectivity index is 1.41. The SMILES string of the molecule is Cc1[nH]c2ccc(C(=O)N3CCCC(c4cc5ncccc5[nH]4)C3)cc2c1C.